The summed E-state index contributed by atoms with van der Waals surface area (Å²) in [5.74, 6) is 0.972. The summed E-state index contributed by atoms with van der Waals surface area (Å²) in [5, 5.41) is 8.94. The van der Waals surface area contributed by atoms with Gasteiger partial charge in [0.1, 0.15) is 5.75 Å². The van der Waals surface area contributed by atoms with Crippen molar-refractivity contribution in [3.05, 3.63) is 29.8 Å². The lowest BCUT2D eigenvalue weighted by atomic mass is 9.96. The van der Waals surface area contributed by atoms with Crippen LogP contribution >= 0.6 is 0 Å². The lowest BCUT2D eigenvalue weighted by Gasteiger charge is -2.22. The highest BCUT2D eigenvalue weighted by molar-refractivity contribution is 5.77. The number of ether oxygens (including phenoxy) is 1. The molecule has 0 aliphatic heterocycles. The van der Waals surface area contributed by atoms with Crippen LogP contribution in [0, 0.1) is 0 Å². The molecule has 1 amide bonds. The highest BCUT2D eigenvalue weighted by Crippen LogP contribution is 2.28. The van der Waals surface area contributed by atoms with Crippen LogP contribution in [-0.2, 0) is 4.79 Å². The number of para-hydroxylation sites is 1. The lowest BCUT2D eigenvalue weighted by molar-refractivity contribution is -0.131. The second kappa shape index (κ2) is 7.79. The van der Waals surface area contributed by atoms with E-state index in [1.54, 1.807) is 12.0 Å². The Hall–Kier alpha value is -1.55. The van der Waals surface area contributed by atoms with E-state index in [1.165, 1.54) is 0 Å². The second-order valence-electron chi connectivity index (χ2n) is 4.54. The number of amides is 1. The van der Waals surface area contributed by atoms with E-state index in [-0.39, 0.29) is 18.4 Å². The molecule has 0 spiro atoms. The van der Waals surface area contributed by atoms with E-state index in [2.05, 4.69) is 0 Å². The average molecular weight is 265 g/mol. The van der Waals surface area contributed by atoms with Crippen molar-refractivity contribution in [2.75, 3.05) is 26.8 Å². The summed E-state index contributed by atoms with van der Waals surface area (Å²) in [6, 6.07) is 7.76. The predicted octanol–water partition coefficient (Wildman–Crippen LogP) is 2.03. The minimum atomic E-state index is 0.00260. The molecule has 19 heavy (non-hydrogen) atoms. The molecule has 0 aromatic heterocycles. The van der Waals surface area contributed by atoms with E-state index >= 15 is 0 Å². The molecule has 0 saturated heterocycles. The summed E-state index contributed by atoms with van der Waals surface area (Å²) in [7, 11) is 1.64. The maximum atomic E-state index is 12.1. The van der Waals surface area contributed by atoms with Crippen molar-refractivity contribution in [3.8, 4) is 5.75 Å². The molecule has 0 radical (unpaired) electrons. The highest BCUT2D eigenvalue weighted by atomic mass is 16.5. The van der Waals surface area contributed by atoms with Crippen LogP contribution in [0.5, 0.6) is 5.75 Å². The molecular formula is C15H23NO3. The minimum absolute atomic E-state index is 0.00260. The molecule has 1 unspecified atom stereocenters. The van der Waals surface area contributed by atoms with Crippen molar-refractivity contribution in [1.82, 2.24) is 4.90 Å². The number of methoxy groups -OCH3 is 1. The molecular weight excluding hydrogens is 242 g/mol. The molecule has 1 rings (SSSR count). The molecule has 4 heteroatoms. The van der Waals surface area contributed by atoms with Gasteiger partial charge in [0.05, 0.1) is 13.7 Å². The van der Waals surface area contributed by atoms with Crippen molar-refractivity contribution in [1.29, 1.82) is 0 Å². The zero-order valence-corrected chi connectivity index (χ0v) is 11.9. The monoisotopic (exact) mass is 265 g/mol. The van der Waals surface area contributed by atoms with Crippen molar-refractivity contribution < 1.29 is 14.6 Å². The first kappa shape index (κ1) is 15.5. The molecule has 0 aliphatic carbocycles. The van der Waals surface area contributed by atoms with E-state index in [0.717, 1.165) is 11.3 Å². The third-order valence-corrected chi connectivity index (χ3v) is 3.25. The smallest absolute Gasteiger partial charge is 0.223 e. The van der Waals surface area contributed by atoms with Crippen LogP contribution in [0.2, 0.25) is 0 Å². The summed E-state index contributed by atoms with van der Waals surface area (Å²) < 4.78 is 5.32. The number of rotatable bonds is 7. The van der Waals surface area contributed by atoms with Gasteiger partial charge in [0.2, 0.25) is 5.91 Å². The second-order valence-corrected chi connectivity index (χ2v) is 4.54. The molecule has 0 saturated carbocycles. The van der Waals surface area contributed by atoms with Gasteiger partial charge in [-0.15, -0.1) is 0 Å². The van der Waals surface area contributed by atoms with Gasteiger partial charge >= 0.3 is 0 Å². The molecule has 0 bridgehead atoms. The molecule has 1 atom stereocenters. The number of nitrogens with zero attached hydrogens (tertiary/aromatic N) is 1. The van der Waals surface area contributed by atoms with Gasteiger partial charge in [-0.2, -0.15) is 0 Å². The zero-order valence-electron chi connectivity index (χ0n) is 11.9. The molecule has 1 N–H and O–H groups in total. The standard InChI is InChI=1S/C15H23NO3/c1-4-16(9-10-17)15(18)11-12(2)13-7-5-6-8-14(13)19-3/h5-8,12,17H,4,9-11H2,1-3H3. The number of aliphatic hydroxyl groups excluding tert-OH is 1. The summed E-state index contributed by atoms with van der Waals surface area (Å²) in [6.07, 6.45) is 0.425. The first-order valence-electron chi connectivity index (χ1n) is 6.65. The van der Waals surface area contributed by atoms with Gasteiger partial charge in [-0.3, -0.25) is 4.79 Å². The summed E-state index contributed by atoms with van der Waals surface area (Å²) in [6.45, 7) is 4.96. The molecule has 1 aromatic rings. The Balaban J connectivity index is 2.73. The molecule has 0 heterocycles. The number of carbonyl (C=O) groups excluding carboxylic acids is 1. The van der Waals surface area contributed by atoms with Gasteiger partial charge in [-0.05, 0) is 24.5 Å². The predicted molar refractivity (Wildman–Crippen MR) is 75.4 cm³/mol. The van der Waals surface area contributed by atoms with Crippen LogP contribution in [0.3, 0.4) is 0 Å². The fraction of sp³-hybridized carbons (Fsp3) is 0.533. The number of hydrogen-bond donors (Lipinski definition) is 1. The van der Waals surface area contributed by atoms with E-state index in [1.807, 2.05) is 38.1 Å². The van der Waals surface area contributed by atoms with E-state index in [4.69, 9.17) is 9.84 Å². The fourth-order valence-electron chi connectivity index (χ4n) is 2.15. The normalized spacial score (nSPS) is 12.0. The van der Waals surface area contributed by atoms with E-state index < -0.39 is 0 Å². The van der Waals surface area contributed by atoms with Gasteiger partial charge in [0.25, 0.3) is 0 Å². The number of carbonyl (C=O) groups is 1. The van der Waals surface area contributed by atoms with E-state index in [0.29, 0.717) is 19.5 Å². The number of aliphatic hydroxyl groups is 1. The quantitative estimate of drug-likeness (QED) is 0.820. The van der Waals surface area contributed by atoms with Crippen molar-refractivity contribution in [2.45, 2.75) is 26.2 Å². The Morgan fingerprint density at radius 2 is 2.11 bits per heavy atom. The SMILES string of the molecule is CCN(CCO)C(=O)CC(C)c1ccccc1OC. The average Bonchev–Trinajstić information content (AvgIpc) is 2.44. The Kier molecular flexibility index (Phi) is 6.36. The van der Waals surface area contributed by atoms with Crippen LogP contribution in [-0.4, -0.2) is 42.7 Å². The third-order valence-electron chi connectivity index (χ3n) is 3.25. The Bertz CT molecular complexity index is 406. The van der Waals surface area contributed by atoms with Crippen LogP contribution < -0.4 is 4.74 Å². The molecule has 1 aromatic carbocycles. The van der Waals surface area contributed by atoms with Crippen molar-refractivity contribution in [3.63, 3.8) is 0 Å². The molecule has 0 fully saturated rings. The fourth-order valence-corrected chi connectivity index (χ4v) is 2.15. The zero-order chi connectivity index (χ0) is 14.3. The molecule has 4 nitrogen and oxygen atoms in total. The Morgan fingerprint density at radius 3 is 2.68 bits per heavy atom. The maximum absolute atomic E-state index is 12.1. The van der Waals surface area contributed by atoms with Gasteiger partial charge in [-0.1, -0.05) is 25.1 Å². The highest BCUT2D eigenvalue weighted by Gasteiger charge is 2.18. The summed E-state index contributed by atoms with van der Waals surface area (Å²) >= 11 is 0. The third kappa shape index (κ3) is 4.24. The van der Waals surface area contributed by atoms with Crippen LogP contribution in [0.1, 0.15) is 31.7 Å². The number of likely N-dealkylation sites (N-methyl/N-ethyl adjacent to an activating group) is 1. The molecule has 106 valence electrons. The van der Waals surface area contributed by atoms with Gasteiger partial charge in [-0.25, -0.2) is 0 Å². The summed E-state index contributed by atoms with van der Waals surface area (Å²) in [4.78, 5) is 13.8. The number of benzene rings is 1. The Labute approximate surface area is 115 Å². The van der Waals surface area contributed by atoms with Crippen molar-refractivity contribution in [2.24, 2.45) is 0 Å². The van der Waals surface area contributed by atoms with Gasteiger partial charge in [0.15, 0.2) is 0 Å². The maximum Gasteiger partial charge on any atom is 0.223 e. The van der Waals surface area contributed by atoms with Gasteiger partial charge < -0.3 is 14.7 Å². The van der Waals surface area contributed by atoms with Gasteiger partial charge in [0, 0.05) is 19.5 Å². The largest absolute Gasteiger partial charge is 0.496 e. The lowest BCUT2D eigenvalue weighted by Crippen LogP contribution is -2.33. The van der Waals surface area contributed by atoms with Crippen LogP contribution in [0.25, 0.3) is 0 Å². The van der Waals surface area contributed by atoms with Crippen molar-refractivity contribution >= 4 is 5.91 Å². The van der Waals surface area contributed by atoms with Crippen LogP contribution in [0.15, 0.2) is 24.3 Å². The first-order chi connectivity index (χ1) is 9.13. The summed E-state index contributed by atoms with van der Waals surface area (Å²) in [5.41, 5.74) is 1.04. The van der Waals surface area contributed by atoms with E-state index in [9.17, 15) is 4.79 Å². The molecule has 0 aliphatic rings. The van der Waals surface area contributed by atoms with Crippen LogP contribution in [0.4, 0.5) is 0 Å². The Morgan fingerprint density at radius 1 is 1.42 bits per heavy atom. The number of hydrogen-bond acceptors (Lipinski definition) is 3. The minimum Gasteiger partial charge on any atom is -0.496 e. The first-order valence-corrected chi connectivity index (χ1v) is 6.65. The topological polar surface area (TPSA) is 49.8 Å².